The van der Waals surface area contributed by atoms with Crippen LogP contribution in [0.2, 0.25) is 0 Å². The number of phenolic OH excluding ortho intramolecular Hbond substituents is 2. The van der Waals surface area contributed by atoms with Gasteiger partial charge in [0, 0.05) is 37.9 Å². The first-order valence-corrected chi connectivity index (χ1v) is 16.6. The summed E-state index contributed by atoms with van der Waals surface area (Å²) in [7, 11) is 1.69. The van der Waals surface area contributed by atoms with E-state index in [0.29, 0.717) is 12.6 Å². The van der Waals surface area contributed by atoms with Gasteiger partial charge in [0.05, 0.1) is 13.7 Å². The first kappa shape index (κ1) is 34.2. The summed E-state index contributed by atoms with van der Waals surface area (Å²) in [6.45, 7) is 10.1. The molecule has 0 spiro atoms. The number of piperidine rings is 1. The highest BCUT2D eigenvalue weighted by Crippen LogP contribution is 2.33. The van der Waals surface area contributed by atoms with Crippen molar-refractivity contribution in [2.45, 2.75) is 38.8 Å². The van der Waals surface area contributed by atoms with Crippen LogP contribution in [0.4, 0.5) is 5.69 Å². The summed E-state index contributed by atoms with van der Waals surface area (Å²) in [6, 6.07) is 28.3. The van der Waals surface area contributed by atoms with Gasteiger partial charge in [-0.3, -0.25) is 4.90 Å². The van der Waals surface area contributed by atoms with E-state index < -0.39 is 0 Å². The quantitative estimate of drug-likeness (QED) is 0.0948. The molecule has 1 saturated heterocycles. The predicted octanol–water partition coefficient (Wildman–Crippen LogP) is 7.93. The minimum absolute atomic E-state index is 0.122. The topological polar surface area (TPSA) is 91.4 Å². The Morgan fingerprint density at radius 3 is 2.38 bits per heavy atom. The van der Waals surface area contributed by atoms with Crippen LogP contribution in [0.5, 0.6) is 23.0 Å². The second kappa shape index (κ2) is 16.6. The van der Waals surface area contributed by atoms with Gasteiger partial charge in [0.15, 0.2) is 11.5 Å². The maximum absolute atomic E-state index is 10.1. The summed E-state index contributed by atoms with van der Waals surface area (Å²) in [5.41, 5.74) is 13.5. The summed E-state index contributed by atoms with van der Waals surface area (Å²) < 4.78 is 11.2. The van der Waals surface area contributed by atoms with E-state index in [-0.39, 0.29) is 11.5 Å². The fraction of sp³-hybridized carbons (Fsp3) is 0.268. The van der Waals surface area contributed by atoms with Crippen LogP contribution < -0.4 is 20.1 Å². The van der Waals surface area contributed by atoms with Crippen molar-refractivity contribution in [3.8, 4) is 34.1 Å². The molecule has 1 aliphatic heterocycles. The number of rotatable bonds is 14. The highest BCUT2D eigenvalue weighted by Gasteiger charge is 2.26. The largest absolute Gasteiger partial charge is 0.504 e. The van der Waals surface area contributed by atoms with E-state index in [1.165, 1.54) is 22.8 Å². The van der Waals surface area contributed by atoms with Gasteiger partial charge in [-0.15, -0.1) is 0 Å². The Labute approximate surface area is 284 Å². The van der Waals surface area contributed by atoms with E-state index in [1.54, 1.807) is 19.4 Å². The Morgan fingerprint density at radius 1 is 0.917 bits per heavy atom. The molecule has 7 nitrogen and oxygen atoms in total. The molecule has 250 valence electrons. The van der Waals surface area contributed by atoms with Gasteiger partial charge >= 0.3 is 0 Å². The van der Waals surface area contributed by atoms with Crippen molar-refractivity contribution in [3.05, 3.63) is 132 Å². The number of allylic oxidation sites excluding steroid dienone is 1. The van der Waals surface area contributed by atoms with E-state index >= 15 is 0 Å². The number of nitrogens with zero attached hydrogens (tertiary/aromatic N) is 2. The standard InChI is InChI=1S/C41H47N3O4/c1-4-30-23-32(26-39(25-30)47-3)10-9-31(17-20-42)28-43-21-18-37(19-22-43)44(36-12-14-38(15-13-36)48-5-2)29-33-7-6-8-34(24-33)35-11-16-40(45)41(46)27-35/h4,6-9,11-17,20,23-27,37,45-46H,1,5,10,18-19,21-22,28-29,42H2,2-3H3/b20-17-,31-9+. The zero-order chi connectivity index (χ0) is 33.9. The highest BCUT2D eigenvalue weighted by molar-refractivity contribution is 5.67. The third-order valence-corrected chi connectivity index (χ3v) is 8.84. The van der Waals surface area contributed by atoms with Crippen LogP contribution in [0.25, 0.3) is 17.2 Å². The van der Waals surface area contributed by atoms with E-state index in [0.717, 1.165) is 79.3 Å². The van der Waals surface area contributed by atoms with E-state index in [9.17, 15) is 10.2 Å². The molecular formula is C41H47N3O4. The van der Waals surface area contributed by atoms with Gasteiger partial charge in [-0.25, -0.2) is 0 Å². The maximum Gasteiger partial charge on any atom is 0.158 e. The SMILES string of the molecule is C=Cc1cc(C/C=C(\C=C/N)CN2CCC(N(Cc3cccc(-c4ccc(O)c(O)c4)c3)c3ccc(OCC)cc3)CC2)cc(OC)c1. The molecule has 0 atom stereocenters. The number of nitrogens with two attached hydrogens (primary N) is 1. The van der Waals surface area contributed by atoms with Crippen molar-refractivity contribution >= 4 is 11.8 Å². The molecule has 0 amide bonds. The molecular weight excluding hydrogens is 598 g/mol. The first-order valence-electron chi connectivity index (χ1n) is 16.6. The molecule has 4 aromatic carbocycles. The van der Waals surface area contributed by atoms with Crippen LogP contribution in [0.3, 0.4) is 0 Å². The third-order valence-electron chi connectivity index (χ3n) is 8.84. The number of phenols is 2. The normalized spacial score (nSPS) is 14.2. The number of aromatic hydroxyl groups is 2. The lowest BCUT2D eigenvalue weighted by atomic mass is 9.98. The highest BCUT2D eigenvalue weighted by atomic mass is 16.5. The summed E-state index contributed by atoms with van der Waals surface area (Å²) >= 11 is 0. The molecule has 7 heteroatoms. The average Bonchev–Trinajstić information content (AvgIpc) is 3.11. The molecule has 1 fully saturated rings. The van der Waals surface area contributed by atoms with Crippen LogP contribution in [0.1, 0.15) is 36.5 Å². The molecule has 5 rings (SSSR count). The van der Waals surface area contributed by atoms with Gasteiger partial charge < -0.3 is 30.3 Å². The number of likely N-dealkylation sites (tertiary alicyclic amines) is 1. The van der Waals surface area contributed by atoms with Crippen LogP contribution in [-0.2, 0) is 13.0 Å². The number of hydrogen-bond donors (Lipinski definition) is 3. The molecule has 4 N–H and O–H groups in total. The van der Waals surface area contributed by atoms with Crippen molar-refractivity contribution in [3.63, 3.8) is 0 Å². The Kier molecular flexibility index (Phi) is 11.8. The molecule has 48 heavy (non-hydrogen) atoms. The number of ether oxygens (including phenoxy) is 2. The Hall–Kier alpha value is -5.14. The Bertz CT molecular complexity index is 1720. The number of hydrogen-bond acceptors (Lipinski definition) is 7. The van der Waals surface area contributed by atoms with Crippen molar-refractivity contribution in [1.82, 2.24) is 4.90 Å². The summed E-state index contributed by atoms with van der Waals surface area (Å²) in [5.74, 6) is 1.45. The van der Waals surface area contributed by atoms with Gasteiger partial charge in [-0.2, -0.15) is 0 Å². The number of anilines is 1. The fourth-order valence-electron chi connectivity index (χ4n) is 6.33. The van der Waals surface area contributed by atoms with E-state index in [2.05, 4.69) is 64.9 Å². The third kappa shape index (κ3) is 9.02. The summed E-state index contributed by atoms with van der Waals surface area (Å²) in [5, 5.41) is 19.9. The molecule has 4 aromatic rings. The lowest BCUT2D eigenvalue weighted by Gasteiger charge is -2.40. The molecule has 0 unspecified atom stereocenters. The van der Waals surface area contributed by atoms with E-state index in [1.807, 2.05) is 49.4 Å². The van der Waals surface area contributed by atoms with Crippen LogP contribution in [0.15, 0.2) is 115 Å². The zero-order valence-corrected chi connectivity index (χ0v) is 28.0. The summed E-state index contributed by atoms with van der Waals surface area (Å²) in [4.78, 5) is 5.02. The summed E-state index contributed by atoms with van der Waals surface area (Å²) in [6.07, 6.45) is 10.6. The Balaban J connectivity index is 1.30. The molecule has 1 aliphatic rings. The number of benzene rings is 4. The van der Waals surface area contributed by atoms with Crippen molar-refractivity contribution in [2.75, 3.05) is 38.3 Å². The van der Waals surface area contributed by atoms with Crippen molar-refractivity contribution in [2.24, 2.45) is 5.73 Å². The molecule has 0 bridgehead atoms. The lowest BCUT2D eigenvalue weighted by molar-refractivity contribution is 0.224. The van der Waals surface area contributed by atoms with Gasteiger partial charge in [-0.05, 0) is 126 Å². The van der Waals surface area contributed by atoms with Gasteiger partial charge in [0.2, 0.25) is 0 Å². The van der Waals surface area contributed by atoms with Crippen LogP contribution >= 0.6 is 0 Å². The minimum atomic E-state index is -0.122. The second-order valence-corrected chi connectivity index (χ2v) is 12.1. The van der Waals surface area contributed by atoms with Gasteiger partial charge in [0.25, 0.3) is 0 Å². The molecule has 0 radical (unpaired) electrons. The van der Waals surface area contributed by atoms with Crippen molar-refractivity contribution < 1.29 is 19.7 Å². The zero-order valence-electron chi connectivity index (χ0n) is 28.0. The molecule has 0 saturated carbocycles. The second-order valence-electron chi connectivity index (χ2n) is 12.1. The predicted molar refractivity (Wildman–Crippen MR) is 197 cm³/mol. The van der Waals surface area contributed by atoms with E-state index in [4.69, 9.17) is 15.2 Å². The molecule has 0 aliphatic carbocycles. The molecule has 0 aromatic heterocycles. The monoisotopic (exact) mass is 645 g/mol. The average molecular weight is 646 g/mol. The lowest BCUT2D eigenvalue weighted by Crippen LogP contribution is -2.45. The Morgan fingerprint density at radius 2 is 1.69 bits per heavy atom. The van der Waals surface area contributed by atoms with Crippen LogP contribution in [-0.4, -0.2) is 54.5 Å². The minimum Gasteiger partial charge on any atom is -0.504 e. The van der Waals surface area contributed by atoms with Gasteiger partial charge in [-0.1, -0.05) is 49.1 Å². The van der Waals surface area contributed by atoms with Crippen molar-refractivity contribution in [1.29, 1.82) is 0 Å². The smallest absolute Gasteiger partial charge is 0.158 e. The first-order chi connectivity index (χ1) is 23.4. The number of methoxy groups -OCH3 is 1. The molecule has 1 heterocycles. The van der Waals surface area contributed by atoms with Crippen LogP contribution in [0, 0.1) is 0 Å². The maximum atomic E-state index is 10.1. The van der Waals surface area contributed by atoms with Gasteiger partial charge in [0.1, 0.15) is 11.5 Å². The fourth-order valence-corrected chi connectivity index (χ4v) is 6.33.